The van der Waals surface area contributed by atoms with Crippen LogP contribution < -0.4 is 19.6 Å². The SMILES string of the molecule is CCOc1c(/C=N/NC(=O)COc2ccccc2)cccc1OC. The third kappa shape index (κ3) is 5.01. The van der Waals surface area contributed by atoms with Crippen molar-refractivity contribution in [3.8, 4) is 17.2 Å². The number of hydrogen-bond acceptors (Lipinski definition) is 5. The van der Waals surface area contributed by atoms with E-state index in [4.69, 9.17) is 14.2 Å². The fraction of sp³-hybridized carbons (Fsp3) is 0.222. The van der Waals surface area contributed by atoms with Gasteiger partial charge in [-0.15, -0.1) is 0 Å². The highest BCUT2D eigenvalue weighted by Crippen LogP contribution is 2.29. The number of hydrogen-bond donors (Lipinski definition) is 1. The van der Waals surface area contributed by atoms with Crippen LogP contribution >= 0.6 is 0 Å². The molecule has 0 bridgehead atoms. The second-order valence-electron chi connectivity index (χ2n) is 4.71. The van der Waals surface area contributed by atoms with Crippen LogP contribution in [0.4, 0.5) is 0 Å². The summed E-state index contributed by atoms with van der Waals surface area (Å²) < 4.78 is 16.2. The largest absolute Gasteiger partial charge is 0.493 e. The van der Waals surface area contributed by atoms with Crippen LogP contribution in [-0.4, -0.2) is 32.4 Å². The summed E-state index contributed by atoms with van der Waals surface area (Å²) in [5, 5.41) is 3.93. The minimum absolute atomic E-state index is 0.113. The smallest absolute Gasteiger partial charge is 0.277 e. The van der Waals surface area contributed by atoms with Crippen LogP contribution in [0.1, 0.15) is 12.5 Å². The number of ether oxygens (including phenoxy) is 3. The van der Waals surface area contributed by atoms with Gasteiger partial charge in [-0.1, -0.05) is 24.3 Å². The summed E-state index contributed by atoms with van der Waals surface area (Å²) in [7, 11) is 1.57. The van der Waals surface area contributed by atoms with Gasteiger partial charge in [0.05, 0.1) is 19.9 Å². The molecule has 0 aromatic heterocycles. The predicted octanol–water partition coefficient (Wildman–Crippen LogP) is 2.62. The number of benzene rings is 2. The van der Waals surface area contributed by atoms with Crippen LogP contribution in [0.15, 0.2) is 53.6 Å². The zero-order valence-electron chi connectivity index (χ0n) is 13.7. The Morgan fingerprint density at radius 1 is 1.12 bits per heavy atom. The molecule has 1 amide bonds. The van der Waals surface area contributed by atoms with Crippen molar-refractivity contribution in [2.24, 2.45) is 5.10 Å². The fourth-order valence-electron chi connectivity index (χ4n) is 1.97. The molecule has 0 aliphatic carbocycles. The average molecular weight is 328 g/mol. The molecule has 2 rings (SSSR count). The van der Waals surface area contributed by atoms with Gasteiger partial charge in [0.2, 0.25) is 0 Å². The molecule has 0 fully saturated rings. The first-order valence-electron chi connectivity index (χ1n) is 7.54. The number of nitrogens with zero attached hydrogens (tertiary/aromatic N) is 1. The maximum atomic E-state index is 11.7. The van der Waals surface area contributed by atoms with E-state index < -0.39 is 0 Å². The van der Waals surface area contributed by atoms with E-state index in [2.05, 4.69) is 10.5 Å². The van der Waals surface area contributed by atoms with Gasteiger partial charge in [0.25, 0.3) is 5.91 Å². The first-order chi connectivity index (χ1) is 11.7. The van der Waals surface area contributed by atoms with Gasteiger partial charge in [-0.3, -0.25) is 4.79 Å². The monoisotopic (exact) mass is 328 g/mol. The molecule has 2 aromatic carbocycles. The third-order valence-corrected chi connectivity index (χ3v) is 3.02. The average Bonchev–Trinajstić information content (AvgIpc) is 2.62. The van der Waals surface area contributed by atoms with Crippen LogP contribution in [0, 0.1) is 0 Å². The molecule has 0 radical (unpaired) electrons. The second-order valence-corrected chi connectivity index (χ2v) is 4.71. The maximum absolute atomic E-state index is 11.7. The number of carbonyl (C=O) groups excluding carboxylic acids is 1. The number of hydrazone groups is 1. The van der Waals surface area contributed by atoms with Gasteiger partial charge in [0.1, 0.15) is 5.75 Å². The van der Waals surface area contributed by atoms with Gasteiger partial charge < -0.3 is 14.2 Å². The lowest BCUT2D eigenvalue weighted by atomic mass is 10.2. The summed E-state index contributed by atoms with van der Waals surface area (Å²) in [5.41, 5.74) is 3.13. The molecule has 0 atom stereocenters. The Morgan fingerprint density at radius 2 is 1.92 bits per heavy atom. The van der Waals surface area contributed by atoms with Crippen LogP contribution in [0.3, 0.4) is 0 Å². The maximum Gasteiger partial charge on any atom is 0.277 e. The van der Waals surface area contributed by atoms with Gasteiger partial charge in [0, 0.05) is 5.56 Å². The molecule has 0 aliphatic heterocycles. The summed E-state index contributed by atoms with van der Waals surface area (Å²) in [6.07, 6.45) is 1.51. The van der Waals surface area contributed by atoms with E-state index in [-0.39, 0.29) is 12.5 Å². The molecular formula is C18H20N2O4. The molecule has 0 saturated carbocycles. The van der Waals surface area contributed by atoms with Gasteiger partial charge in [-0.2, -0.15) is 5.10 Å². The van der Waals surface area contributed by atoms with Crippen LogP contribution in [0.5, 0.6) is 17.2 Å². The van der Waals surface area contributed by atoms with Gasteiger partial charge in [0.15, 0.2) is 18.1 Å². The molecule has 0 saturated heterocycles. The van der Waals surface area contributed by atoms with E-state index in [9.17, 15) is 4.79 Å². The van der Waals surface area contributed by atoms with Crippen molar-refractivity contribution in [2.45, 2.75) is 6.92 Å². The van der Waals surface area contributed by atoms with Crippen LogP contribution in [-0.2, 0) is 4.79 Å². The number of nitrogens with one attached hydrogen (secondary N) is 1. The Labute approximate surface area is 141 Å². The highest BCUT2D eigenvalue weighted by molar-refractivity contribution is 5.86. The Kier molecular flexibility index (Phi) is 6.64. The van der Waals surface area contributed by atoms with Crippen molar-refractivity contribution in [3.63, 3.8) is 0 Å². The lowest BCUT2D eigenvalue weighted by Gasteiger charge is -2.11. The highest BCUT2D eigenvalue weighted by atomic mass is 16.5. The van der Waals surface area contributed by atoms with Gasteiger partial charge >= 0.3 is 0 Å². The minimum Gasteiger partial charge on any atom is -0.493 e. The van der Waals surface area contributed by atoms with Crippen molar-refractivity contribution in [1.29, 1.82) is 0 Å². The molecule has 0 unspecified atom stereocenters. The second kappa shape index (κ2) is 9.19. The Hall–Kier alpha value is -3.02. The molecular weight excluding hydrogens is 308 g/mol. The molecule has 24 heavy (non-hydrogen) atoms. The van der Waals surface area contributed by atoms with E-state index in [1.54, 1.807) is 25.3 Å². The number of amides is 1. The van der Waals surface area contributed by atoms with Crippen LogP contribution in [0.2, 0.25) is 0 Å². The molecule has 126 valence electrons. The Balaban J connectivity index is 1.92. The normalized spacial score (nSPS) is 10.4. The first-order valence-corrected chi connectivity index (χ1v) is 7.54. The van der Waals surface area contributed by atoms with E-state index >= 15 is 0 Å². The molecule has 0 spiro atoms. The van der Waals surface area contributed by atoms with Gasteiger partial charge in [-0.05, 0) is 31.2 Å². The predicted molar refractivity (Wildman–Crippen MR) is 91.8 cm³/mol. The van der Waals surface area contributed by atoms with E-state index in [0.29, 0.717) is 29.4 Å². The van der Waals surface area contributed by atoms with Gasteiger partial charge in [-0.25, -0.2) is 5.43 Å². The number of methoxy groups -OCH3 is 1. The molecule has 6 nitrogen and oxygen atoms in total. The zero-order chi connectivity index (χ0) is 17.2. The van der Waals surface area contributed by atoms with E-state index in [1.807, 2.05) is 37.3 Å². The fourth-order valence-corrected chi connectivity index (χ4v) is 1.97. The van der Waals surface area contributed by atoms with Crippen molar-refractivity contribution in [1.82, 2.24) is 5.43 Å². The molecule has 1 N–H and O–H groups in total. The van der Waals surface area contributed by atoms with Crippen molar-refractivity contribution in [2.75, 3.05) is 20.3 Å². The first kappa shape index (κ1) is 17.3. The highest BCUT2D eigenvalue weighted by Gasteiger charge is 2.08. The summed E-state index contributed by atoms with van der Waals surface area (Å²) in [4.78, 5) is 11.7. The summed E-state index contributed by atoms with van der Waals surface area (Å²) in [6.45, 7) is 2.27. The van der Waals surface area contributed by atoms with Crippen molar-refractivity contribution < 1.29 is 19.0 Å². The summed E-state index contributed by atoms with van der Waals surface area (Å²) in [6, 6.07) is 14.6. The van der Waals surface area contributed by atoms with Crippen LogP contribution in [0.25, 0.3) is 0 Å². The molecule has 6 heteroatoms. The quantitative estimate of drug-likeness (QED) is 0.597. The Bertz CT molecular complexity index is 687. The molecule has 2 aromatic rings. The summed E-state index contributed by atoms with van der Waals surface area (Å²) >= 11 is 0. The van der Waals surface area contributed by atoms with E-state index in [0.717, 1.165) is 0 Å². The molecule has 0 heterocycles. The third-order valence-electron chi connectivity index (χ3n) is 3.02. The summed E-state index contributed by atoms with van der Waals surface area (Å²) in [5.74, 6) is 1.47. The zero-order valence-corrected chi connectivity index (χ0v) is 13.7. The lowest BCUT2D eigenvalue weighted by Crippen LogP contribution is -2.24. The number of carbonyl (C=O) groups is 1. The number of rotatable bonds is 8. The van der Waals surface area contributed by atoms with E-state index in [1.165, 1.54) is 6.21 Å². The van der Waals surface area contributed by atoms with Crippen molar-refractivity contribution in [3.05, 3.63) is 54.1 Å². The molecule has 0 aliphatic rings. The number of para-hydroxylation sites is 2. The standard InChI is InChI=1S/C18H20N2O4/c1-3-23-18-14(8-7-11-16(18)22-2)12-19-20-17(21)13-24-15-9-5-4-6-10-15/h4-12H,3,13H2,1-2H3,(H,20,21)/b19-12+. The van der Waals surface area contributed by atoms with Crippen molar-refractivity contribution >= 4 is 12.1 Å². The minimum atomic E-state index is -0.351. The topological polar surface area (TPSA) is 69.2 Å². The lowest BCUT2D eigenvalue weighted by molar-refractivity contribution is -0.123. The Morgan fingerprint density at radius 3 is 2.62 bits per heavy atom.